The summed E-state index contributed by atoms with van der Waals surface area (Å²) in [6, 6.07) is 16.2. The molecule has 190 valence electrons. The van der Waals surface area contributed by atoms with Crippen molar-refractivity contribution < 1.29 is 34.1 Å². The quantitative estimate of drug-likeness (QED) is 0.199. The van der Waals surface area contributed by atoms with Gasteiger partial charge in [-0.3, -0.25) is 19.3 Å². The lowest BCUT2D eigenvalue weighted by Gasteiger charge is -2.25. The fourth-order valence-electron chi connectivity index (χ4n) is 4.16. The van der Waals surface area contributed by atoms with Crippen molar-refractivity contribution in [3.05, 3.63) is 94.0 Å². The van der Waals surface area contributed by atoms with Crippen molar-refractivity contribution in [1.82, 2.24) is 0 Å². The van der Waals surface area contributed by atoms with E-state index in [9.17, 15) is 24.6 Å². The van der Waals surface area contributed by atoms with Gasteiger partial charge in [-0.05, 0) is 60.5 Å². The van der Waals surface area contributed by atoms with Crippen LogP contribution in [0.1, 0.15) is 29.7 Å². The molecule has 1 unspecified atom stereocenters. The minimum absolute atomic E-state index is 0.00641. The number of hydrogen-bond donors (Lipinski definition) is 2. The average Bonchev–Trinajstić information content (AvgIpc) is 3.16. The summed E-state index contributed by atoms with van der Waals surface area (Å²) in [6.07, 6.45) is 0.0513. The number of rotatable bonds is 7. The van der Waals surface area contributed by atoms with Crippen LogP contribution < -0.4 is 9.64 Å². The highest BCUT2D eigenvalue weighted by atomic mass is 35.5. The summed E-state index contributed by atoms with van der Waals surface area (Å²) >= 11 is 6.18. The van der Waals surface area contributed by atoms with Gasteiger partial charge < -0.3 is 19.7 Å². The van der Waals surface area contributed by atoms with E-state index >= 15 is 0 Å². The summed E-state index contributed by atoms with van der Waals surface area (Å²) in [5, 5.41) is 21.4. The first-order valence-electron chi connectivity index (χ1n) is 11.4. The molecule has 0 saturated carbocycles. The fourth-order valence-corrected chi connectivity index (χ4v) is 4.33. The average molecular weight is 522 g/mol. The van der Waals surface area contributed by atoms with E-state index in [0.29, 0.717) is 34.2 Å². The fraction of sp³-hybridized carbons (Fsp3) is 0.179. The Balaban J connectivity index is 1.85. The number of aliphatic hydroxyl groups excluding tert-OH is 1. The maximum absolute atomic E-state index is 13.3. The van der Waals surface area contributed by atoms with Crippen LogP contribution in [0.15, 0.2) is 72.3 Å². The van der Waals surface area contributed by atoms with Crippen LogP contribution in [-0.2, 0) is 25.5 Å². The lowest BCUT2D eigenvalue weighted by Crippen LogP contribution is -2.29. The standard InChI is InChI=1S/C28H24ClNO7/c1-3-37-22-15-18(8-13-21(22)29)26(33)24-25(17-6-11-20(31)12-7-17)30(28(35)27(24)34)19-9-4-16(5-10-19)14-23(32)36-2/h4-13,15,25,31,33H,3,14H2,1-2H3/b26-24-. The number of aromatic hydroxyl groups is 1. The van der Waals surface area contributed by atoms with Crippen molar-refractivity contribution in [3.8, 4) is 11.5 Å². The number of anilines is 1. The van der Waals surface area contributed by atoms with Crippen molar-refractivity contribution in [1.29, 1.82) is 0 Å². The molecule has 2 N–H and O–H groups in total. The third-order valence-electron chi connectivity index (χ3n) is 5.95. The largest absolute Gasteiger partial charge is 0.508 e. The monoisotopic (exact) mass is 521 g/mol. The molecule has 1 fully saturated rings. The van der Waals surface area contributed by atoms with Crippen LogP contribution in [0.3, 0.4) is 0 Å². The van der Waals surface area contributed by atoms with Gasteiger partial charge in [0.05, 0.1) is 36.8 Å². The van der Waals surface area contributed by atoms with Crippen LogP contribution in [0.4, 0.5) is 5.69 Å². The zero-order valence-corrected chi connectivity index (χ0v) is 20.9. The number of carbonyl (C=O) groups excluding carboxylic acids is 3. The lowest BCUT2D eigenvalue weighted by atomic mass is 9.95. The first kappa shape index (κ1) is 25.8. The number of ketones is 1. The Morgan fingerprint density at radius 2 is 1.70 bits per heavy atom. The van der Waals surface area contributed by atoms with E-state index in [1.54, 1.807) is 43.3 Å². The van der Waals surface area contributed by atoms with E-state index in [1.807, 2.05) is 0 Å². The molecule has 0 spiro atoms. The molecule has 1 saturated heterocycles. The first-order chi connectivity index (χ1) is 17.7. The Bertz CT molecular complexity index is 1380. The van der Waals surface area contributed by atoms with Crippen molar-refractivity contribution in [2.45, 2.75) is 19.4 Å². The normalized spacial score (nSPS) is 16.6. The van der Waals surface area contributed by atoms with Gasteiger partial charge in [0, 0.05) is 11.3 Å². The molecule has 4 rings (SSSR count). The van der Waals surface area contributed by atoms with Gasteiger partial charge in [0.25, 0.3) is 11.7 Å². The number of aliphatic hydroxyl groups is 1. The molecule has 0 bridgehead atoms. The second-order valence-electron chi connectivity index (χ2n) is 8.26. The van der Waals surface area contributed by atoms with Gasteiger partial charge in [-0.1, -0.05) is 35.9 Å². The number of Topliss-reactive ketones (excluding diaryl/α,β-unsaturated/α-hetero) is 1. The summed E-state index contributed by atoms with van der Waals surface area (Å²) in [7, 11) is 1.30. The molecule has 9 heteroatoms. The Kier molecular flexibility index (Phi) is 7.50. The zero-order valence-electron chi connectivity index (χ0n) is 20.1. The van der Waals surface area contributed by atoms with Crippen molar-refractivity contribution in [3.63, 3.8) is 0 Å². The number of phenols is 1. The Morgan fingerprint density at radius 1 is 1.03 bits per heavy atom. The molecule has 8 nitrogen and oxygen atoms in total. The SMILES string of the molecule is CCOc1cc(/C(O)=C2/C(=O)C(=O)N(c3ccc(CC(=O)OC)cc3)C2c2ccc(O)cc2)ccc1Cl. The van der Waals surface area contributed by atoms with Gasteiger partial charge >= 0.3 is 5.97 Å². The molecule has 1 heterocycles. The van der Waals surface area contributed by atoms with E-state index in [0.717, 1.165) is 0 Å². The van der Waals surface area contributed by atoms with E-state index in [-0.39, 0.29) is 29.1 Å². The van der Waals surface area contributed by atoms with Gasteiger partial charge in [-0.15, -0.1) is 0 Å². The number of phenolic OH excluding ortho intramolecular Hbond substituents is 1. The summed E-state index contributed by atoms with van der Waals surface area (Å²) in [5.74, 6) is -2.18. The van der Waals surface area contributed by atoms with Crippen LogP contribution in [0, 0.1) is 0 Å². The van der Waals surface area contributed by atoms with Crippen LogP contribution >= 0.6 is 11.6 Å². The summed E-state index contributed by atoms with van der Waals surface area (Å²) in [5.41, 5.74) is 1.68. The van der Waals surface area contributed by atoms with Gasteiger partial charge in [0.2, 0.25) is 0 Å². The minimum atomic E-state index is -0.988. The lowest BCUT2D eigenvalue weighted by molar-refractivity contribution is -0.139. The molecule has 1 atom stereocenters. The number of amides is 1. The van der Waals surface area contributed by atoms with E-state index < -0.39 is 23.7 Å². The van der Waals surface area contributed by atoms with Crippen molar-refractivity contribution in [2.75, 3.05) is 18.6 Å². The van der Waals surface area contributed by atoms with E-state index in [4.69, 9.17) is 21.1 Å². The van der Waals surface area contributed by atoms with Crippen molar-refractivity contribution >= 4 is 40.7 Å². The zero-order chi connectivity index (χ0) is 26.7. The predicted molar refractivity (Wildman–Crippen MR) is 138 cm³/mol. The van der Waals surface area contributed by atoms with Crippen molar-refractivity contribution in [2.24, 2.45) is 0 Å². The smallest absolute Gasteiger partial charge is 0.309 e. The summed E-state index contributed by atoms with van der Waals surface area (Å²) < 4.78 is 10.2. The highest BCUT2D eigenvalue weighted by molar-refractivity contribution is 6.51. The number of halogens is 1. The predicted octanol–water partition coefficient (Wildman–Crippen LogP) is 4.79. The topological polar surface area (TPSA) is 113 Å². The molecule has 1 amide bonds. The highest BCUT2D eigenvalue weighted by Crippen LogP contribution is 2.43. The summed E-state index contributed by atoms with van der Waals surface area (Å²) in [4.78, 5) is 39.5. The molecule has 1 aliphatic rings. The number of nitrogens with zero attached hydrogens (tertiary/aromatic N) is 1. The molecule has 3 aromatic rings. The van der Waals surface area contributed by atoms with Crippen LogP contribution in [0.5, 0.6) is 11.5 Å². The number of ether oxygens (including phenoxy) is 2. The molecule has 0 aromatic heterocycles. The van der Waals surface area contributed by atoms with Gasteiger partial charge in [0.15, 0.2) is 0 Å². The summed E-state index contributed by atoms with van der Waals surface area (Å²) in [6.45, 7) is 2.13. The second-order valence-corrected chi connectivity index (χ2v) is 8.67. The molecule has 0 aliphatic carbocycles. The number of methoxy groups -OCH3 is 1. The molecule has 37 heavy (non-hydrogen) atoms. The number of hydrogen-bond acceptors (Lipinski definition) is 7. The Labute approximate surface area is 218 Å². The minimum Gasteiger partial charge on any atom is -0.508 e. The molecule has 0 radical (unpaired) electrons. The van der Waals surface area contributed by atoms with E-state index in [2.05, 4.69) is 0 Å². The van der Waals surface area contributed by atoms with Gasteiger partial charge in [0.1, 0.15) is 17.3 Å². The van der Waals surface area contributed by atoms with Crippen LogP contribution in [0.2, 0.25) is 5.02 Å². The van der Waals surface area contributed by atoms with Gasteiger partial charge in [-0.25, -0.2) is 0 Å². The van der Waals surface area contributed by atoms with E-state index in [1.165, 1.54) is 42.3 Å². The third kappa shape index (κ3) is 5.15. The molecule has 1 aliphatic heterocycles. The number of benzene rings is 3. The maximum atomic E-state index is 13.3. The Hall–Kier alpha value is -4.30. The molecule has 3 aromatic carbocycles. The van der Waals surface area contributed by atoms with Crippen LogP contribution in [0.25, 0.3) is 5.76 Å². The highest BCUT2D eigenvalue weighted by Gasteiger charge is 2.47. The number of carbonyl (C=O) groups is 3. The number of esters is 1. The Morgan fingerprint density at radius 3 is 2.32 bits per heavy atom. The van der Waals surface area contributed by atoms with Crippen LogP contribution in [-0.4, -0.2) is 41.6 Å². The maximum Gasteiger partial charge on any atom is 0.309 e. The second kappa shape index (κ2) is 10.8. The third-order valence-corrected chi connectivity index (χ3v) is 6.26. The molecular weight excluding hydrogens is 498 g/mol. The first-order valence-corrected chi connectivity index (χ1v) is 11.8. The molecular formula is C28H24ClNO7. The van der Waals surface area contributed by atoms with Gasteiger partial charge in [-0.2, -0.15) is 0 Å².